The first-order chi connectivity index (χ1) is 7.96. The number of ether oxygens (including phenoxy) is 3. The second-order valence-corrected chi connectivity index (χ2v) is 4.27. The van der Waals surface area contributed by atoms with Crippen molar-refractivity contribution in [1.82, 2.24) is 15.0 Å². The van der Waals surface area contributed by atoms with Gasteiger partial charge in [-0.05, 0) is 25.4 Å². The highest BCUT2D eigenvalue weighted by Crippen LogP contribution is 2.15. The van der Waals surface area contributed by atoms with Crippen molar-refractivity contribution in [1.29, 1.82) is 0 Å². The molecule has 0 aliphatic heterocycles. The summed E-state index contributed by atoms with van der Waals surface area (Å²) in [6.07, 6.45) is 0.703. The van der Waals surface area contributed by atoms with Crippen LogP contribution >= 0.6 is 11.6 Å². The lowest BCUT2D eigenvalue weighted by Crippen LogP contribution is -2.25. The van der Waals surface area contributed by atoms with Gasteiger partial charge in [0, 0.05) is 13.5 Å². The van der Waals surface area contributed by atoms with Crippen molar-refractivity contribution in [3.63, 3.8) is 0 Å². The zero-order valence-corrected chi connectivity index (χ0v) is 11.1. The molecule has 0 aliphatic carbocycles. The molecule has 96 valence electrons. The summed E-state index contributed by atoms with van der Waals surface area (Å²) in [6.45, 7) is 4.36. The Hall–Kier alpha value is -1.14. The van der Waals surface area contributed by atoms with Gasteiger partial charge in [-0.15, -0.1) is 4.98 Å². The van der Waals surface area contributed by atoms with Crippen molar-refractivity contribution >= 4 is 11.6 Å². The summed E-state index contributed by atoms with van der Waals surface area (Å²) in [4.78, 5) is 11.5. The standard InChI is InChI=1S/C10H16ClN3O3/c1-10(2,16-4)5-6-17-9-13-7(11)12-8(14-9)15-3/h5-6H2,1-4H3. The van der Waals surface area contributed by atoms with Gasteiger partial charge in [0.25, 0.3) is 0 Å². The number of halogens is 1. The van der Waals surface area contributed by atoms with Gasteiger partial charge in [-0.2, -0.15) is 9.97 Å². The van der Waals surface area contributed by atoms with Gasteiger partial charge >= 0.3 is 12.0 Å². The van der Waals surface area contributed by atoms with E-state index in [9.17, 15) is 0 Å². The van der Waals surface area contributed by atoms with E-state index < -0.39 is 0 Å². The minimum absolute atomic E-state index is 0.0397. The van der Waals surface area contributed by atoms with Crippen LogP contribution < -0.4 is 9.47 Å². The maximum Gasteiger partial charge on any atom is 0.323 e. The molecule has 7 heteroatoms. The molecule has 6 nitrogen and oxygen atoms in total. The van der Waals surface area contributed by atoms with E-state index in [-0.39, 0.29) is 22.9 Å². The summed E-state index contributed by atoms with van der Waals surface area (Å²) in [6, 6.07) is 0.278. The largest absolute Gasteiger partial charge is 0.467 e. The highest BCUT2D eigenvalue weighted by atomic mass is 35.5. The Balaban J connectivity index is 2.55. The fraction of sp³-hybridized carbons (Fsp3) is 0.700. The van der Waals surface area contributed by atoms with Gasteiger partial charge in [-0.3, -0.25) is 0 Å². The Bertz CT molecular complexity index is 374. The van der Waals surface area contributed by atoms with Crippen molar-refractivity contribution in [2.24, 2.45) is 0 Å². The monoisotopic (exact) mass is 261 g/mol. The van der Waals surface area contributed by atoms with Crippen LogP contribution in [-0.2, 0) is 4.74 Å². The molecule has 0 unspecified atom stereocenters. The van der Waals surface area contributed by atoms with E-state index in [0.29, 0.717) is 13.0 Å². The van der Waals surface area contributed by atoms with Crippen molar-refractivity contribution in [3.8, 4) is 12.0 Å². The van der Waals surface area contributed by atoms with E-state index in [4.69, 9.17) is 25.8 Å². The molecule has 0 fully saturated rings. The predicted molar refractivity (Wildman–Crippen MR) is 62.6 cm³/mol. The second-order valence-electron chi connectivity index (χ2n) is 3.94. The molecule has 0 bridgehead atoms. The molecule has 0 saturated heterocycles. The Morgan fingerprint density at radius 2 is 1.76 bits per heavy atom. The van der Waals surface area contributed by atoms with Crippen molar-refractivity contribution in [3.05, 3.63) is 5.28 Å². The quantitative estimate of drug-likeness (QED) is 0.777. The third-order valence-electron chi connectivity index (χ3n) is 2.24. The molecule has 0 atom stereocenters. The fourth-order valence-electron chi connectivity index (χ4n) is 0.961. The van der Waals surface area contributed by atoms with Crippen LogP contribution in [0.5, 0.6) is 12.0 Å². The van der Waals surface area contributed by atoms with E-state index in [2.05, 4.69) is 15.0 Å². The third kappa shape index (κ3) is 4.70. The van der Waals surface area contributed by atoms with Crippen LogP contribution in [0.2, 0.25) is 5.28 Å². The minimum Gasteiger partial charge on any atom is -0.467 e. The third-order valence-corrected chi connectivity index (χ3v) is 2.41. The van der Waals surface area contributed by atoms with Crippen LogP contribution in [0.1, 0.15) is 20.3 Å². The Labute approximate surface area is 105 Å². The van der Waals surface area contributed by atoms with E-state index in [0.717, 1.165) is 0 Å². The lowest BCUT2D eigenvalue weighted by Gasteiger charge is -2.22. The first kappa shape index (κ1) is 13.9. The van der Waals surface area contributed by atoms with Crippen LogP contribution in [0, 0.1) is 0 Å². The predicted octanol–water partition coefficient (Wildman–Crippen LogP) is 1.73. The SMILES string of the molecule is COc1nc(Cl)nc(OCCC(C)(C)OC)n1. The maximum absolute atomic E-state index is 5.68. The molecule has 0 radical (unpaired) electrons. The van der Waals surface area contributed by atoms with Gasteiger partial charge in [-0.1, -0.05) is 0 Å². The Morgan fingerprint density at radius 3 is 2.35 bits per heavy atom. The molecular formula is C10H16ClN3O3. The van der Waals surface area contributed by atoms with E-state index >= 15 is 0 Å². The molecule has 1 heterocycles. The topological polar surface area (TPSA) is 66.4 Å². The number of nitrogens with zero attached hydrogens (tertiary/aromatic N) is 3. The lowest BCUT2D eigenvalue weighted by atomic mass is 10.1. The Kier molecular flexibility index (Phi) is 4.89. The van der Waals surface area contributed by atoms with Crippen LogP contribution in [0.25, 0.3) is 0 Å². The molecule has 0 amide bonds. The van der Waals surface area contributed by atoms with Gasteiger partial charge in [-0.25, -0.2) is 0 Å². The second kappa shape index (κ2) is 5.97. The number of aromatic nitrogens is 3. The minimum atomic E-state index is -0.249. The molecule has 1 aromatic rings. The average molecular weight is 262 g/mol. The van der Waals surface area contributed by atoms with Crippen molar-refractivity contribution < 1.29 is 14.2 Å². The zero-order chi connectivity index (χ0) is 12.9. The number of rotatable bonds is 6. The molecule has 17 heavy (non-hydrogen) atoms. The maximum atomic E-state index is 5.68. The van der Waals surface area contributed by atoms with Gasteiger partial charge in [0.15, 0.2) is 0 Å². The molecular weight excluding hydrogens is 246 g/mol. The number of hydrogen-bond donors (Lipinski definition) is 0. The van der Waals surface area contributed by atoms with Crippen LogP contribution in [0.4, 0.5) is 0 Å². The van der Waals surface area contributed by atoms with Crippen molar-refractivity contribution in [2.75, 3.05) is 20.8 Å². The normalized spacial score (nSPS) is 11.4. The summed E-state index contributed by atoms with van der Waals surface area (Å²) >= 11 is 5.68. The summed E-state index contributed by atoms with van der Waals surface area (Å²) < 4.78 is 15.5. The lowest BCUT2D eigenvalue weighted by molar-refractivity contribution is 0.00460. The molecule has 0 aliphatic rings. The first-order valence-electron chi connectivity index (χ1n) is 5.10. The van der Waals surface area contributed by atoms with E-state index in [1.54, 1.807) is 7.11 Å². The molecule has 0 saturated carbocycles. The van der Waals surface area contributed by atoms with Crippen LogP contribution in [0.15, 0.2) is 0 Å². The summed E-state index contributed by atoms with van der Waals surface area (Å²) in [5, 5.41) is 0.0397. The summed E-state index contributed by atoms with van der Waals surface area (Å²) in [5.41, 5.74) is -0.249. The zero-order valence-electron chi connectivity index (χ0n) is 10.4. The van der Waals surface area contributed by atoms with E-state index in [1.165, 1.54) is 7.11 Å². The number of methoxy groups -OCH3 is 2. The van der Waals surface area contributed by atoms with Gasteiger partial charge in [0.2, 0.25) is 5.28 Å². The van der Waals surface area contributed by atoms with Crippen LogP contribution in [-0.4, -0.2) is 41.4 Å². The fourth-order valence-corrected chi connectivity index (χ4v) is 1.11. The smallest absolute Gasteiger partial charge is 0.323 e. The highest BCUT2D eigenvalue weighted by molar-refractivity contribution is 6.28. The Morgan fingerprint density at radius 1 is 1.12 bits per heavy atom. The summed E-state index contributed by atoms with van der Waals surface area (Å²) in [7, 11) is 3.10. The first-order valence-corrected chi connectivity index (χ1v) is 5.48. The average Bonchev–Trinajstić information content (AvgIpc) is 2.28. The van der Waals surface area contributed by atoms with Gasteiger partial charge in [0.1, 0.15) is 0 Å². The van der Waals surface area contributed by atoms with Crippen molar-refractivity contribution in [2.45, 2.75) is 25.9 Å². The molecule has 1 aromatic heterocycles. The molecule has 0 aromatic carbocycles. The van der Waals surface area contributed by atoms with E-state index in [1.807, 2.05) is 13.8 Å². The highest BCUT2D eigenvalue weighted by Gasteiger charge is 2.16. The van der Waals surface area contributed by atoms with Gasteiger partial charge in [0.05, 0.1) is 19.3 Å². The molecule has 1 rings (SSSR count). The number of hydrogen-bond acceptors (Lipinski definition) is 6. The summed E-state index contributed by atoms with van der Waals surface area (Å²) in [5.74, 6) is 0. The van der Waals surface area contributed by atoms with Gasteiger partial charge < -0.3 is 14.2 Å². The molecule has 0 spiro atoms. The van der Waals surface area contributed by atoms with Crippen LogP contribution in [0.3, 0.4) is 0 Å². The molecule has 0 N–H and O–H groups in total.